The Bertz CT molecular complexity index is 422. The summed E-state index contributed by atoms with van der Waals surface area (Å²) in [7, 11) is 0. The van der Waals surface area contributed by atoms with Gasteiger partial charge in [0, 0.05) is 17.6 Å². The summed E-state index contributed by atoms with van der Waals surface area (Å²) in [4.78, 5) is 13.1. The molecule has 1 aliphatic rings. The molecule has 1 saturated heterocycles. The fourth-order valence-electron chi connectivity index (χ4n) is 2.32. The number of aliphatic carboxylic acids is 1. The average molecular weight is 254 g/mol. The van der Waals surface area contributed by atoms with E-state index in [-0.39, 0.29) is 12.0 Å². The van der Waals surface area contributed by atoms with Crippen molar-refractivity contribution < 1.29 is 9.90 Å². The number of carboxylic acids is 1. The predicted octanol–water partition coefficient (Wildman–Crippen LogP) is 2.81. The summed E-state index contributed by atoms with van der Waals surface area (Å²) in [6, 6.07) is 7.98. The molecule has 92 valence electrons. The van der Waals surface area contributed by atoms with Crippen LogP contribution in [0.25, 0.3) is 0 Å². The molecule has 0 aliphatic carbocycles. The molecule has 1 heterocycles. The van der Waals surface area contributed by atoms with Crippen LogP contribution in [-0.4, -0.2) is 29.1 Å². The number of nitrogens with zero attached hydrogens (tertiary/aromatic N) is 1. The second kappa shape index (κ2) is 5.07. The fraction of sp³-hybridized carbons (Fsp3) is 0.462. The molecule has 0 spiro atoms. The number of carbonyl (C=O) groups is 1. The van der Waals surface area contributed by atoms with Gasteiger partial charge in [-0.15, -0.1) is 0 Å². The predicted molar refractivity (Wildman–Crippen MR) is 67.2 cm³/mol. The zero-order chi connectivity index (χ0) is 12.4. The third kappa shape index (κ3) is 2.79. The van der Waals surface area contributed by atoms with Crippen molar-refractivity contribution in [2.24, 2.45) is 5.92 Å². The van der Waals surface area contributed by atoms with Crippen LogP contribution in [0.3, 0.4) is 0 Å². The van der Waals surface area contributed by atoms with Crippen LogP contribution < -0.4 is 0 Å². The van der Waals surface area contributed by atoms with Gasteiger partial charge in [-0.05, 0) is 37.6 Å². The summed E-state index contributed by atoms with van der Waals surface area (Å²) in [5.41, 5.74) is 1.14. The van der Waals surface area contributed by atoms with Crippen molar-refractivity contribution in [1.82, 2.24) is 4.90 Å². The van der Waals surface area contributed by atoms with E-state index < -0.39 is 5.97 Å². The van der Waals surface area contributed by atoms with Crippen LogP contribution in [0, 0.1) is 5.92 Å². The van der Waals surface area contributed by atoms with Crippen molar-refractivity contribution >= 4 is 17.6 Å². The van der Waals surface area contributed by atoms with E-state index in [0.717, 1.165) is 23.6 Å². The molecular weight excluding hydrogens is 238 g/mol. The zero-order valence-electron chi connectivity index (χ0n) is 9.77. The number of likely N-dealkylation sites (tertiary alicyclic amines) is 1. The van der Waals surface area contributed by atoms with Gasteiger partial charge in [-0.25, -0.2) is 0 Å². The first-order chi connectivity index (χ1) is 8.08. The van der Waals surface area contributed by atoms with Crippen molar-refractivity contribution in [3.63, 3.8) is 0 Å². The summed E-state index contributed by atoms with van der Waals surface area (Å²) in [6.07, 6.45) is 0.736. The highest BCUT2D eigenvalue weighted by Crippen LogP contribution is 2.28. The van der Waals surface area contributed by atoms with E-state index in [0.29, 0.717) is 6.54 Å². The second-order valence-corrected chi connectivity index (χ2v) is 4.99. The molecule has 4 heteroatoms. The van der Waals surface area contributed by atoms with E-state index in [1.54, 1.807) is 0 Å². The molecule has 1 aromatic carbocycles. The maximum absolute atomic E-state index is 10.9. The smallest absolute Gasteiger partial charge is 0.307 e. The van der Waals surface area contributed by atoms with Crippen LogP contribution >= 0.6 is 11.6 Å². The molecule has 2 rings (SSSR count). The Labute approximate surface area is 106 Å². The number of carboxylic acid groups (broad SMARTS) is 1. The highest BCUT2D eigenvalue weighted by molar-refractivity contribution is 6.30. The normalized spacial score (nSPS) is 22.6. The Hall–Kier alpha value is -1.06. The molecule has 2 atom stereocenters. The number of rotatable bonds is 3. The minimum absolute atomic E-state index is 0.220. The summed E-state index contributed by atoms with van der Waals surface area (Å²) < 4.78 is 0. The lowest BCUT2D eigenvalue weighted by molar-refractivity contribution is -0.141. The quantitative estimate of drug-likeness (QED) is 0.901. The Morgan fingerprint density at radius 3 is 2.94 bits per heavy atom. The fourth-order valence-corrected chi connectivity index (χ4v) is 2.52. The molecule has 0 radical (unpaired) electrons. The van der Waals surface area contributed by atoms with Crippen molar-refractivity contribution in [2.75, 3.05) is 13.1 Å². The van der Waals surface area contributed by atoms with Crippen LogP contribution in [-0.2, 0) is 4.79 Å². The van der Waals surface area contributed by atoms with Gasteiger partial charge in [0.1, 0.15) is 0 Å². The Balaban J connectivity index is 2.06. The zero-order valence-corrected chi connectivity index (χ0v) is 10.5. The third-order valence-corrected chi connectivity index (χ3v) is 3.68. The lowest BCUT2D eigenvalue weighted by atomic mass is 10.1. The van der Waals surface area contributed by atoms with Gasteiger partial charge in [0.15, 0.2) is 0 Å². The first kappa shape index (κ1) is 12.4. The van der Waals surface area contributed by atoms with Gasteiger partial charge in [-0.3, -0.25) is 9.69 Å². The monoisotopic (exact) mass is 253 g/mol. The molecule has 0 amide bonds. The van der Waals surface area contributed by atoms with Crippen molar-refractivity contribution in [2.45, 2.75) is 19.4 Å². The van der Waals surface area contributed by atoms with E-state index in [1.165, 1.54) is 0 Å². The SMILES string of the molecule is CC(c1cccc(Cl)c1)N1CCC(C(=O)O)C1. The summed E-state index contributed by atoms with van der Waals surface area (Å²) >= 11 is 5.96. The maximum atomic E-state index is 10.9. The molecule has 1 fully saturated rings. The summed E-state index contributed by atoms with van der Waals surface area (Å²) in [5, 5.41) is 9.71. The van der Waals surface area contributed by atoms with Crippen LogP contribution in [0.4, 0.5) is 0 Å². The molecule has 3 nitrogen and oxygen atoms in total. The number of hydrogen-bond acceptors (Lipinski definition) is 2. The highest BCUT2D eigenvalue weighted by atomic mass is 35.5. The van der Waals surface area contributed by atoms with Gasteiger partial charge < -0.3 is 5.11 Å². The van der Waals surface area contributed by atoms with Gasteiger partial charge in [-0.1, -0.05) is 23.7 Å². The van der Waals surface area contributed by atoms with Gasteiger partial charge in [0.25, 0.3) is 0 Å². The van der Waals surface area contributed by atoms with Gasteiger partial charge >= 0.3 is 5.97 Å². The number of hydrogen-bond donors (Lipinski definition) is 1. The van der Waals surface area contributed by atoms with Crippen LogP contribution in [0.2, 0.25) is 5.02 Å². The first-order valence-corrected chi connectivity index (χ1v) is 6.18. The van der Waals surface area contributed by atoms with Crippen molar-refractivity contribution in [3.05, 3.63) is 34.9 Å². The summed E-state index contributed by atoms with van der Waals surface area (Å²) in [6.45, 7) is 3.56. The first-order valence-electron chi connectivity index (χ1n) is 5.80. The topological polar surface area (TPSA) is 40.5 Å². The van der Waals surface area contributed by atoms with E-state index in [4.69, 9.17) is 16.7 Å². The Morgan fingerprint density at radius 1 is 1.59 bits per heavy atom. The lowest BCUT2D eigenvalue weighted by Crippen LogP contribution is -2.26. The average Bonchev–Trinajstić information content (AvgIpc) is 2.77. The van der Waals surface area contributed by atoms with Crippen LogP contribution in [0.1, 0.15) is 24.9 Å². The third-order valence-electron chi connectivity index (χ3n) is 3.45. The van der Waals surface area contributed by atoms with E-state index in [9.17, 15) is 4.79 Å². The van der Waals surface area contributed by atoms with Gasteiger partial charge in [0.2, 0.25) is 0 Å². The summed E-state index contributed by atoms with van der Waals surface area (Å²) in [5.74, 6) is -0.914. The highest BCUT2D eigenvalue weighted by Gasteiger charge is 2.30. The van der Waals surface area contributed by atoms with E-state index in [1.807, 2.05) is 24.3 Å². The maximum Gasteiger partial charge on any atom is 0.307 e. The van der Waals surface area contributed by atoms with Crippen molar-refractivity contribution in [1.29, 1.82) is 0 Å². The van der Waals surface area contributed by atoms with Crippen molar-refractivity contribution in [3.8, 4) is 0 Å². The lowest BCUT2D eigenvalue weighted by Gasteiger charge is -2.24. The van der Waals surface area contributed by atoms with E-state index in [2.05, 4.69) is 11.8 Å². The molecule has 2 unspecified atom stereocenters. The largest absolute Gasteiger partial charge is 0.481 e. The molecule has 0 bridgehead atoms. The Kier molecular flexibility index (Phi) is 3.69. The van der Waals surface area contributed by atoms with Crippen LogP contribution in [0.15, 0.2) is 24.3 Å². The molecule has 1 N–H and O–H groups in total. The second-order valence-electron chi connectivity index (χ2n) is 4.55. The number of halogens is 1. The van der Waals surface area contributed by atoms with E-state index >= 15 is 0 Å². The Morgan fingerprint density at radius 2 is 2.35 bits per heavy atom. The molecule has 17 heavy (non-hydrogen) atoms. The van der Waals surface area contributed by atoms with Crippen LogP contribution in [0.5, 0.6) is 0 Å². The molecule has 1 aliphatic heterocycles. The minimum Gasteiger partial charge on any atom is -0.481 e. The minimum atomic E-state index is -0.689. The van der Waals surface area contributed by atoms with Gasteiger partial charge in [0.05, 0.1) is 5.92 Å². The molecule has 1 aromatic rings. The van der Waals surface area contributed by atoms with Gasteiger partial charge in [-0.2, -0.15) is 0 Å². The molecular formula is C13H16ClNO2. The molecule has 0 saturated carbocycles. The molecule has 0 aromatic heterocycles. The standard InChI is InChI=1S/C13H16ClNO2/c1-9(10-3-2-4-12(14)7-10)15-6-5-11(8-15)13(16)17/h2-4,7,9,11H,5-6,8H2,1H3,(H,16,17). The number of benzene rings is 1.